The Bertz CT molecular complexity index is 565. The van der Waals surface area contributed by atoms with Crippen LogP contribution in [0.25, 0.3) is 0 Å². The minimum Gasteiger partial charge on any atom is -0.340 e. The van der Waals surface area contributed by atoms with Crippen molar-refractivity contribution in [2.24, 2.45) is 7.05 Å². The van der Waals surface area contributed by atoms with E-state index in [1.807, 2.05) is 36.3 Å². The number of rotatable bonds is 6. The fourth-order valence-corrected chi connectivity index (χ4v) is 3.15. The van der Waals surface area contributed by atoms with E-state index in [1.54, 1.807) is 0 Å². The van der Waals surface area contributed by atoms with E-state index in [1.165, 1.54) is 25.7 Å². The van der Waals surface area contributed by atoms with Crippen molar-refractivity contribution in [3.05, 3.63) is 48.3 Å². The molecule has 2 atom stereocenters. The van der Waals surface area contributed by atoms with E-state index in [0.29, 0.717) is 12.1 Å². The topological polar surface area (TPSA) is 54.8 Å². The molecule has 0 spiro atoms. The molecule has 22 heavy (non-hydrogen) atoms. The molecule has 2 aromatic heterocycles. The molecule has 2 aromatic rings. The Morgan fingerprint density at radius 3 is 2.36 bits per heavy atom. The molecule has 1 unspecified atom stereocenters. The fraction of sp³-hybridized carbons (Fsp3) is 0.529. The summed E-state index contributed by atoms with van der Waals surface area (Å²) in [5, 5.41) is 7.36. The Kier molecular flexibility index (Phi) is 5.19. The van der Waals surface area contributed by atoms with E-state index in [2.05, 4.69) is 32.9 Å². The summed E-state index contributed by atoms with van der Waals surface area (Å²) < 4.78 is 1.99. The predicted octanol–water partition coefficient (Wildman–Crippen LogP) is 2.01. The second-order valence-electron chi connectivity index (χ2n) is 6.11. The Balaban J connectivity index is 1.52. The Labute approximate surface area is 132 Å². The lowest BCUT2D eigenvalue weighted by Gasteiger charge is -2.33. The first-order valence-corrected chi connectivity index (χ1v) is 8.15. The third-order valence-corrected chi connectivity index (χ3v) is 4.34. The van der Waals surface area contributed by atoms with Gasteiger partial charge in [0.1, 0.15) is 0 Å². The van der Waals surface area contributed by atoms with Gasteiger partial charge >= 0.3 is 0 Å². The summed E-state index contributed by atoms with van der Waals surface area (Å²) in [6.45, 7) is 1.68. The maximum absolute atomic E-state index is 4.39. The first kappa shape index (κ1) is 15.2. The van der Waals surface area contributed by atoms with E-state index < -0.39 is 0 Å². The lowest BCUT2D eigenvalue weighted by atomic mass is 9.90. The lowest BCUT2D eigenvalue weighted by Crippen LogP contribution is -2.49. The van der Waals surface area contributed by atoms with Crippen LogP contribution in [0.5, 0.6) is 0 Å². The van der Waals surface area contributed by atoms with Gasteiger partial charge in [-0.25, -0.2) is 4.98 Å². The highest BCUT2D eigenvalue weighted by atomic mass is 15.1. The maximum atomic E-state index is 4.39. The van der Waals surface area contributed by atoms with Gasteiger partial charge in [0.05, 0.1) is 17.7 Å². The van der Waals surface area contributed by atoms with Crippen LogP contribution in [0.1, 0.15) is 37.1 Å². The van der Waals surface area contributed by atoms with Gasteiger partial charge in [0.15, 0.2) is 0 Å². The molecule has 0 radical (unpaired) electrons. The molecule has 1 fully saturated rings. The molecule has 1 saturated carbocycles. The van der Waals surface area contributed by atoms with Crippen molar-refractivity contribution >= 4 is 0 Å². The fourth-order valence-electron chi connectivity index (χ4n) is 3.15. The monoisotopic (exact) mass is 299 g/mol. The SMILES string of the molecule is Cn1cnc(CNC2CCCC[C@@H]2NCc2ccccn2)c1. The second kappa shape index (κ2) is 7.51. The van der Waals surface area contributed by atoms with Gasteiger partial charge in [-0.3, -0.25) is 4.98 Å². The summed E-state index contributed by atoms with van der Waals surface area (Å²) in [7, 11) is 2.01. The lowest BCUT2D eigenvalue weighted by molar-refractivity contribution is 0.280. The van der Waals surface area contributed by atoms with E-state index >= 15 is 0 Å². The molecule has 2 heterocycles. The number of imidazole rings is 1. The van der Waals surface area contributed by atoms with Crippen LogP contribution in [0.4, 0.5) is 0 Å². The molecular weight excluding hydrogens is 274 g/mol. The minimum absolute atomic E-state index is 0.513. The van der Waals surface area contributed by atoms with Crippen LogP contribution in [-0.4, -0.2) is 26.6 Å². The van der Waals surface area contributed by atoms with Crippen molar-refractivity contribution in [1.82, 2.24) is 25.2 Å². The Hall–Kier alpha value is -1.72. The predicted molar refractivity (Wildman–Crippen MR) is 87.2 cm³/mol. The van der Waals surface area contributed by atoms with Gasteiger partial charge in [-0.05, 0) is 25.0 Å². The molecule has 1 aliphatic carbocycles. The summed E-state index contributed by atoms with van der Waals surface area (Å²) >= 11 is 0. The molecule has 0 aromatic carbocycles. The summed E-state index contributed by atoms with van der Waals surface area (Å²) in [6, 6.07) is 7.11. The van der Waals surface area contributed by atoms with Crippen molar-refractivity contribution in [3.8, 4) is 0 Å². The van der Waals surface area contributed by atoms with Crippen LogP contribution in [0.3, 0.4) is 0 Å². The van der Waals surface area contributed by atoms with Crippen LogP contribution >= 0.6 is 0 Å². The Morgan fingerprint density at radius 1 is 1.05 bits per heavy atom. The number of pyridine rings is 1. The molecule has 5 heteroatoms. The number of nitrogens with one attached hydrogen (secondary N) is 2. The third kappa shape index (κ3) is 4.15. The maximum Gasteiger partial charge on any atom is 0.0947 e. The summed E-state index contributed by atoms with van der Waals surface area (Å²) in [4.78, 5) is 8.78. The van der Waals surface area contributed by atoms with E-state index in [4.69, 9.17) is 0 Å². The molecule has 0 aliphatic heterocycles. The molecule has 118 valence electrons. The molecule has 2 N–H and O–H groups in total. The van der Waals surface area contributed by atoms with Crippen LogP contribution in [0.15, 0.2) is 36.9 Å². The second-order valence-corrected chi connectivity index (χ2v) is 6.11. The first-order valence-electron chi connectivity index (χ1n) is 8.15. The van der Waals surface area contributed by atoms with Crippen molar-refractivity contribution < 1.29 is 0 Å². The van der Waals surface area contributed by atoms with Crippen molar-refractivity contribution in [3.63, 3.8) is 0 Å². The minimum atomic E-state index is 0.513. The van der Waals surface area contributed by atoms with E-state index in [-0.39, 0.29) is 0 Å². The summed E-state index contributed by atoms with van der Waals surface area (Å²) in [5.74, 6) is 0. The molecule has 5 nitrogen and oxygen atoms in total. The summed E-state index contributed by atoms with van der Waals surface area (Å²) in [5.41, 5.74) is 2.22. The standard InChI is InChI=1S/C17H25N5/c1-22-12-15(21-13-22)11-20-17-8-3-2-7-16(17)19-10-14-6-4-5-9-18-14/h4-6,9,12-13,16-17,19-20H,2-3,7-8,10-11H2,1H3/t16-,17?/m0/s1. The van der Waals surface area contributed by atoms with Crippen molar-refractivity contribution in [1.29, 1.82) is 0 Å². The largest absolute Gasteiger partial charge is 0.340 e. The molecule has 0 bridgehead atoms. The van der Waals surface area contributed by atoms with E-state index in [9.17, 15) is 0 Å². The first-order chi connectivity index (χ1) is 10.8. The number of aryl methyl sites for hydroxylation is 1. The van der Waals surface area contributed by atoms with Gasteiger partial charge < -0.3 is 15.2 Å². The average molecular weight is 299 g/mol. The average Bonchev–Trinajstić information content (AvgIpc) is 2.98. The molecule has 0 amide bonds. The summed E-state index contributed by atoms with van der Waals surface area (Å²) in [6.07, 6.45) is 10.9. The van der Waals surface area contributed by atoms with E-state index in [0.717, 1.165) is 24.5 Å². The molecule has 3 rings (SSSR count). The zero-order chi connectivity index (χ0) is 15.2. The van der Waals surface area contributed by atoms with Crippen molar-refractivity contribution in [2.45, 2.75) is 50.9 Å². The van der Waals surface area contributed by atoms with Crippen molar-refractivity contribution in [2.75, 3.05) is 0 Å². The van der Waals surface area contributed by atoms with Gasteiger partial charge in [0.2, 0.25) is 0 Å². The highest BCUT2D eigenvalue weighted by Gasteiger charge is 2.24. The molecule has 1 aliphatic rings. The smallest absolute Gasteiger partial charge is 0.0947 e. The van der Waals surface area contributed by atoms with Crippen LogP contribution in [0, 0.1) is 0 Å². The van der Waals surface area contributed by atoms with Gasteiger partial charge in [0, 0.05) is 44.6 Å². The van der Waals surface area contributed by atoms with Crippen LogP contribution in [-0.2, 0) is 20.1 Å². The molecular formula is C17H25N5. The normalized spacial score (nSPS) is 21.9. The Morgan fingerprint density at radius 2 is 1.77 bits per heavy atom. The zero-order valence-corrected chi connectivity index (χ0v) is 13.2. The third-order valence-electron chi connectivity index (χ3n) is 4.34. The zero-order valence-electron chi connectivity index (χ0n) is 13.2. The van der Waals surface area contributed by atoms with Crippen LogP contribution in [0.2, 0.25) is 0 Å². The number of aromatic nitrogens is 3. The quantitative estimate of drug-likeness (QED) is 0.857. The van der Waals surface area contributed by atoms with Gasteiger partial charge in [0.25, 0.3) is 0 Å². The number of nitrogens with zero attached hydrogens (tertiary/aromatic N) is 3. The van der Waals surface area contributed by atoms with Gasteiger partial charge in [-0.15, -0.1) is 0 Å². The van der Waals surface area contributed by atoms with Gasteiger partial charge in [-0.2, -0.15) is 0 Å². The number of hydrogen-bond donors (Lipinski definition) is 2. The van der Waals surface area contributed by atoms with Gasteiger partial charge in [-0.1, -0.05) is 18.9 Å². The highest BCUT2D eigenvalue weighted by Crippen LogP contribution is 2.19. The molecule has 0 saturated heterocycles. The van der Waals surface area contributed by atoms with Crippen LogP contribution < -0.4 is 10.6 Å². The highest BCUT2D eigenvalue weighted by molar-refractivity contribution is 5.04. The number of hydrogen-bond acceptors (Lipinski definition) is 4.